The summed E-state index contributed by atoms with van der Waals surface area (Å²) in [7, 11) is 0. The minimum Gasteiger partial charge on any atom is -0.387 e. The Balaban J connectivity index is 1.83. The first-order valence-corrected chi connectivity index (χ1v) is 7.32. The van der Waals surface area contributed by atoms with Crippen LogP contribution in [0.25, 0.3) is 10.8 Å². The van der Waals surface area contributed by atoms with E-state index < -0.39 is 11.5 Å². The summed E-state index contributed by atoms with van der Waals surface area (Å²) in [5.74, 6) is 0. The molecule has 2 aliphatic heterocycles. The fourth-order valence-corrected chi connectivity index (χ4v) is 3.84. The van der Waals surface area contributed by atoms with Gasteiger partial charge in [0.05, 0.1) is 18.3 Å². The Labute approximate surface area is 123 Å². The summed E-state index contributed by atoms with van der Waals surface area (Å²) in [5, 5.41) is 22.6. The summed E-state index contributed by atoms with van der Waals surface area (Å²) < 4.78 is 5.83. The Morgan fingerprint density at radius 1 is 1.33 bits per heavy atom. The van der Waals surface area contributed by atoms with E-state index in [1.54, 1.807) is 12.4 Å². The van der Waals surface area contributed by atoms with Crippen molar-refractivity contribution in [1.82, 2.24) is 4.98 Å². The van der Waals surface area contributed by atoms with Crippen LogP contribution in [0.1, 0.15) is 30.9 Å². The number of fused-ring (bicyclic) bond motifs is 3. The molecule has 0 aliphatic carbocycles. The first kappa shape index (κ1) is 12.8. The van der Waals surface area contributed by atoms with Gasteiger partial charge in [0, 0.05) is 23.3 Å². The highest BCUT2D eigenvalue weighted by Gasteiger charge is 2.57. The van der Waals surface area contributed by atoms with Crippen LogP contribution < -0.4 is 0 Å². The molecule has 4 rings (SSSR count). The third kappa shape index (κ3) is 1.71. The third-order valence-electron chi connectivity index (χ3n) is 4.94. The maximum atomic E-state index is 10.9. The van der Waals surface area contributed by atoms with Crippen molar-refractivity contribution < 1.29 is 9.84 Å². The summed E-state index contributed by atoms with van der Waals surface area (Å²) in [5.41, 5.74) is -0.111. The van der Waals surface area contributed by atoms with Crippen molar-refractivity contribution >= 4 is 10.8 Å². The highest BCUT2D eigenvalue weighted by atomic mass is 16.5. The largest absolute Gasteiger partial charge is 0.387 e. The molecule has 106 valence electrons. The lowest BCUT2D eigenvalue weighted by Crippen LogP contribution is -2.37. The maximum Gasteiger partial charge on any atom is 0.116 e. The van der Waals surface area contributed by atoms with Crippen LogP contribution in [0.3, 0.4) is 0 Å². The molecule has 1 N–H and O–H groups in total. The van der Waals surface area contributed by atoms with E-state index >= 15 is 0 Å². The van der Waals surface area contributed by atoms with Gasteiger partial charge >= 0.3 is 0 Å². The zero-order chi connectivity index (χ0) is 14.4. The zero-order valence-corrected chi connectivity index (χ0v) is 11.6. The van der Waals surface area contributed by atoms with Crippen molar-refractivity contribution in [2.75, 3.05) is 0 Å². The quantitative estimate of drug-likeness (QED) is 0.918. The van der Waals surface area contributed by atoms with E-state index in [1.165, 1.54) is 0 Å². The molecular weight excluding hydrogens is 264 g/mol. The summed E-state index contributed by atoms with van der Waals surface area (Å²) in [6, 6.07) is 10.2. The Morgan fingerprint density at radius 3 is 2.90 bits per heavy atom. The number of hydrogen-bond acceptors (Lipinski definition) is 4. The van der Waals surface area contributed by atoms with Gasteiger partial charge in [-0.2, -0.15) is 5.26 Å². The number of pyridine rings is 1. The lowest BCUT2D eigenvalue weighted by atomic mass is 9.69. The molecule has 2 fully saturated rings. The second-order valence-corrected chi connectivity index (χ2v) is 6.03. The van der Waals surface area contributed by atoms with Gasteiger partial charge in [0.2, 0.25) is 0 Å². The van der Waals surface area contributed by atoms with Crippen molar-refractivity contribution in [3.05, 3.63) is 42.2 Å². The van der Waals surface area contributed by atoms with Crippen molar-refractivity contribution in [2.45, 2.75) is 37.6 Å². The fourth-order valence-electron chi connectivity index (χ4n) is 3.84. The van der Waals surface area contributed by atoms with E-state index in [0.717, 1.165) is 29.2 Å². The first-order valence-electron chi connectivity index (χ1n) is 7.32. The summed E-state index contributed by atoms with van der Waals surface area (Å²) in [6.07, 6.45) is 5.01. The van der Waals surface area contributed by atoms with Crippen molar-refractivity contribution in [3.63, 3.8) is 0 Å². The number of nitrogens with zero attached hydrogens (tertiary/aromatic N) is 2. The molecule has 3 heterocycles. The van der Waals surface area contributed by atoms with Gasteiger partial charge in [-0.25, -0.2) is 0 Å². The SMILES string of the molecule is N#CC1(C(O)c2cncc3ccccc23)CC2CCC1O2. The minimum atomic E-state index is -0.864. The lowest BCUT2D eigenvalue weighted by Gasteiger charge is -2.33. The molecule has 4 atom stereocenters. The third-order valence-corrected chi connectivity index (χ3v) is 4.94. The normalized spacial score (nSPS) is 32.2. The van der Waals surface area contributed by atoms with E-state index in [9.17, 15) is 10.4 Å². The number of ether oxygens (including phenoxy) is 1. The number of rotatable bonds is 2. The molecule has 2 aromatic rings. The van der Waals surface area contributed by atoms with Gasteiger partial charge in [0.25, 0.3) is 0 Å². The highest BCUT2D eigenvalue weighted by molar-refractivity contribution is 5.85. The number of aliphatic hydroxyl groups is 1. The predicted molar refractivity (Wildman–Crippen MR) is 77.3 cm³/mol. The van der Waals surface area contributed by atoms with Gasteiger partial charge in [0.1, 0.15) is 11.5 Å². The molecule has 2 bridgehead atoms. The number of nitriles is 1. The van der Waals surface area contributed by atoms with Gasteiger partial charge < -0.3 is 9.84 Å². The summed E-state index contributed by atoms with van der Waals surface area (Å²) in [4.78, 5) is 4.22. The number of aliphatic hydroxyl groups excluding tert-OH is 1. The number of benzene rings is 1. The Morgan fingerprint density at radius 2 is 2.19 bits per heavy atom. The minimum absolute atomic E-state index is 0.118. The molecule has 2 aliphatic rings. The molecule has 21 heavy (non-hydrogen) atoms. The smallest absolute Gasteiger partial charge is 0.116 e. The molecule has 1 aromatic heterocycles. The maximum absolute atomic E-state index is 10.9. The summed E-state index contributed by atoms with van der Waals surface area (Å²) in [6.45, 7) is 0. The topological polar surface area (TPSA) is 66.1 Å². The fraction of sp³-hybridized carbons (Fsp3) is 0.412. The van der Waals surface area contributed by atoms with E-state index in [2.05, 4.69) is 11.1 Å². The monoisotopic (exact) mass is 280 g/mol. The predicted octanol–water partition coefficient (Wildman–Crippen LogP) is 2.73. The highest BCUT2D eigenvalue weighted by Crippen LogP contribution is 2.54. The van der Waals surface area contributed by atoms with Crippen LogP contribution in [-0.2, 0) is 4.74 Å². The van der Waals surface area contributed by atoms with E-state index in [1.807, 2.05) is 24.3 Å². The van der Waals surface area contributed by atoms with Crippen LogP contribution in [-0.4, -0.2) is 22.3 Å². The van der Waals surface area contributed by atoms with E-state index in [-0.39, 0.29) is 12.2 Å². The molecule has 4 heteroatoms. The second-order valence-electron chi connectivity index (χ2n) is 6.03. The molecule has 0 saturated carbocycles. The zero-order valence-electron chi connectivity index (χ0n) is 11.6. The molecule has 0 spiro atoms. The van der Waals surface area contributed by atoms with Crippen LogP contribution in [0.4, 0.5) is 0 Å². The standard InChI is InChI=1S/C17H16N2O2/c18-10-17(7-12-5-6-15(17)21-12)16(20)14-9-19-8-11-3-1-2-4-13(11)14/h1-4,8-9,12,15-16,20H,5-7H2. The lowest BCUT2D eigenvalue weighted by molar-refractivity contribution is 0.00401. The Kier molecular flexibility index (Phi) is 2.75. The molecule has 0 amide bonds. The van der Waals surface area contributed by atoms with Crippen LogP contribution >= 0.6 is 0 Å². The number of hydrogen-bond donors (Lipinski definition) is 1. The second kappa shape index (κ2) is 4.52. The Hall–Kier alpha value is -1.96. The van der Waals surface area contributed by atoms with Crippen LogP contribution in [0.2, 0.25) is 0 Å². The number of aromatic nitrogens is 1. The average Bonchev–Trinajstić information content (AvgIpc) is 3.15. The molecular formula is C17H16N2O2. The van der Waals surface area contributed by atoms with Crippen molar-refractivity contribution in [3.8, 4) is 6.07 Å². The van der Waals surface area contributed by atoms with Gasteiger partial charge in [0.15, 0.2) is 0 Å². The molecule has 4 nitrogen and oxygen atoms in total. The van der Waals surface area contributed by atoms with E-state index in [4.69, 9.17) is 4.74 Å². The molecule has 1 aromatic carbocycles. The molecule has 4 unspecified atom stereocenters. The van der Waals surface area contributed by atoms with Crippen LogP contribution in [0, 0.1) is 16.7 Å². The van der Waals surface area contributed by atoms with Crippen LogP contribution in [0.5, 0.6) is 0 Å². The van der Waals surface area contributed by atoms with Gasteiger partial charge in [-0.05, 0) is 24.6 Å². The summed E-state index contributed by atoms with van der Waals surface area (Å²) >= 11 is 0. The molecule has 0 radical (unpaired) electrons. The molecule has 2 saturated heterocycles. The van der Waals surface area contributed by atoms with E-state index in [0.29, 0.717) is 6.42 Å². The van der Waals surface area contributed by atoms with Crippen molar-refractivity contribution in [1.29, 1.82) is 5.26 Å². The van der Waals surface area contributed by atoms with Gasteiger partial charge in [-0.1, -0.05) is 24.3 Å². The average molecular weight is 280 g/mol. The van der Waals surface area contributed by atoms with Crippen LogP contribution in [0.15, 0.2) is 36.7 Å². The van der Waals surface area contributed by atoms with Gasteiger partial charge in [-0.3, -0.25) is 4.98 Å². The first-order chi connectivity index (χ1) is 10.2. The Bertz CT molecular complexity index is 734. The van der Waals surface area contributed by atoms with Crippen molar-refractivity contribution in [2.24, 2.45) is 5.41 Å². The van der Waals surface area contributed by atoms with Gasteiger partial charge in [-0.15, -0.1) is 0 Å².